The smallest absolute Gasteiger partial charge is 0.261 e. The number of amides is 1. The van der Waals surface area contributed by atoms with E-state index in [4.69, 9.17) is 9.47 Å². The van der Waals surface area contributed by atoms with Crippen LogP contribution in [0.15, 0.2) is 83.8 Å². The lowest BCUT2D eigenvalue weighted by atomic mass is 10.1. The third kappa shape index (κ3) is 5.51. The van der Waals surface area contributed by atoms with Gasteiger partial charge in [0.2, 0.25) is 0 Å². The van der Waals surface area contributed by atoms with E-state index in [2.05, 4.69) is 10.0 Å². The highest BCUT2D eigenvalue weighted by Gasteiger charge is 2.18. The van der Waals surface area contributed by atoms with Gasteiger partial charge in [0.05, 0.1) is 29.8 Å². The van der Waals surface area contributed by atoms with Crippen LogP contribution in [0.25, 0.3) is 0 Å². The Kier molecular flexibility index (Phi) is 6.92. The first-order chi connectivity index (χ1) is 14.5. The lowest BCUT2D eigenvalue weighted by Gasteiger charge is -2.13. The van der Waals surface area contributed by atoms with Gasteiger partial charge in [-0.25, -0.2) is 8.42 Å². The van der Waals surface area contributed by atoms with Gasteiger partial charge in [0, 0.05) is 6.07 Å². The molecule has 3 aromatic rings. The van der Waals surface area contributed by atoms with E-state index in [1.165, 1.54) is 12.1 Å². The minimum atomic E-state index is -3.80. The van der Waals surface area contributed by atoms with Gasteiger partial charge in [-0.15, -0.1) is 0 Å². The second-order valence-corrected chi connectivity index (χ2v) is 7.93. The summed E-state index contributed by atoms with van der Waals surface area (Å²) in [7, 11) is -2.23. The second kappa shape index (κ2) is 9.80. The molecule has 1 amide bonds. The number of anilines is 1. The number of rotatable bonds is 9. The standard InChI is InChI=1S/C22H22N2O5S/c1-28-17-8-7-9-18(16-17)29-15-14-23-22(25)20-12-5-6-13-21(20)24-30(26,27)19-10-3-2-4-11-19/h2-13,16,24H,14-15H2,1H3,(H,23,25). The molecule has 0 bridgehead atoms. The number of para-hydroxylation sites is 1. The highest BCUT2D eigenvalue weighted by molar-refractivity contribution is 7.92. The predicted octanol–water partition coefficient (Wildman–Crippen LogP) is 3.30. The Morgan fingerprint density at radius 2 is 1.60 bits per heavy atom. The fraction of sp³-hybridized carbons (Fsp3) is 0.136. The van der Waals surface area contributed by atoms with E-state index >= 15 is 0 Å². The van der Waals surface area contributed by atoms with Crippen molar-refractivity contribution in [3.05, 3.63) is 84.4 Å². The minimum Gasteiger partial charge on any atom is -0.497 e. The van der Waals surface area contributed by atoms with Gasteiger partial charge in [-0.2, -0.15) is 0 Å². The van der Waals surface area contributed by atoms with Crippen LogP contribution in [0.2, 0.25) is 0 Å². The van der Waals surface area contributed by atoms with Gasteiger partial charge in [0.25, 0.3) is 15.9 Å². The fourth-order valence-corrected chi connectivity index (χ4v) is 3.79. The average Bonchev–Trinajstić information content (AvgIpc) is 2.77. The summed E-state index contributed by atoms with van der Waals surface area (Å²) >= 11 is 0. The van der Waals surface area contributed by atoms with Crippen molar-refractivity contribution in [2.45, 2.75) is 4.90 Å². The second-order valence-electron chi connectivity index (χ2n) is 6.25. The van der Waals surface area contributed by atoms with Crippen molar-refractivity contribution in [2.75, 3.05) is 25.0 Å². The number of benzene rings is 3. The molecule has 3 aromatic carbocycles. The normalized spacial score (nSPS) is 10.8. The number of nitrogens with one attached hydrogen (secondary N) is 2. The van der Waals surface area contributed by atoms with Crippen molar-refractivity contribution >= 4 is 21.6 Å². The number of ether oxygens (including phenoxy) is 2. The quantitative estimate of drug-likeness (QED) is 0.512. The molecule has 8 heteroatoms. The Balaban J connectivity index is 1.61. The molecular formula is C22H22N2O5S. The maximum Gasteiger partial charge on any atom is 0.261 e. The lowest BCUT2D eigenvalue weighted by molar-refractivity contribution is 0.0948. The van der Waals surface area contributed by atoms with Crippen molar-refractivity contribution < 1.29 is 22.7 Å². The fourth-order valence-electron chi connectivity index (χ4n) is 2.69. The zero-order valence-corrected chi connectivity index (χ0v) is 17.2. The largest absolute Gasteiger partial charge is 0.497 e. The zero-order chi connectivity index (χ0) is 21.4. The summed E-state index contributed by atoms with van der Waals surface area (Å²) in [4.78, 5) is 12.7. The summed E-state index contributed by atoms with van der Waals surface area (Å²) in [6.45, 7) is 0.493. The van der Waals surface area contributed by atoms with Gasteiger partial charge in [0.1, 0.15) is 18.1 Å². The van der Waals surface area contributed by atoms with Crippen molar-refractivity contribution in [3.63, 3.8) is 0 Å². The highest BCUT2D eigenvalue weighted by Crippen LogP contribution is 2.20. The molecule has 0 unspecified atom stereocenters. The van der Waals surface area contributed by atoms with E-state index in [1.807, 2.05) is 12.1 Å². The average molecular weight is 426 g/mol. The van der Waals surface area contributed by atoms with Gasteiger partial charge in [-0.3, -0.25) is 9.52 Å². The van der Waals surface area contributed by atoms with Gasteiger partial charge in [-0.05, 0) is 36.4 Å². The Morgan fingerprint density at radius 1 is 0.900 bits per heavy atom. The molecule has 156 valence electrons. The van der Waals surface area contributed by atoms with Crippen LogP contribution in [0, 0.1) is 0 Å². The summed E-state index contributed by atoms with van der Waals surface area (Å²) in [6, 6.07) is 21.6. The first-order valence-corrected chi connectivity index (χ1v) is 10.7. The van der Waals surface area contributed by atoms with Gasteiger partial charge in [0.15, 0.2) is 0 Å². The first-order valence-electron chi connectivity index (χ1n) is 9.21. The van der Waals surface area contributed by atoms with Gasteiger partial charge < -0.3 is 14.8 Å². The number of carbonyl (C=O) groups excluding carboxylic acids is 1. The van der Waals surface area contributed by atoms with Crippen LogP contribution in [0.5, 0.6) is 11.5 Å². The van der Waals surface area contributed by atoms with E-state index in [0.29, 0.717) is 11.5 Å². The van der Waals surface area contributed by atoms with Crippen molar-refractivity contribution in [2.24, 2.45) is 0 Å². The molecule has 0 aliphatic rings. The number of carbonyl (C=O) groups is 1. The summed E-state index contributed by atoms with van der Waals surface area (Å²) in [5, 5.41) is 2.73. The molecule has 7 nitrogen and oxygen atoms in total. The van der Waals surface area contributed by atoms with Crippen molar-refractivity contribution in [1.82, 2.24) is 5.32 Å². The van der Waals surface area contributed by atoms with Crippen LogP contribution in [-0.4, -0.2) is 34.6 Å². The van der Waals surface area contributed by atoms with E-state index < -0.39 is 15.9 Å². The lowest BCUT2D eigenvalue weighted by Crippen LogP contribution is -2.29. The Hall–Kier alpha value is -3.52. The Morgan fingerprint density at radius 3 is 2.37 bits per heavy atom. The van der Waals surface area contributed by atoms with Crippen molar-refractivity contribution in [1.29, 1.82) is 0 Å². The minimum absolute atomic E-state index is 0.118. The van der Waals surface area contributed by atoms with Crippen LogP contribution in [-0.2, 0) is 10.0 Å². The molecule has 0 radical (unpaired) electrons. The molecule has 0 aliphatic heterocycles. The van der Waals surface area contributed by atoms with E-state index in [9.17, 15) is 13.2 Å². The monoisotopic (exact) mass is 426 g/mol. The van der Waals surface area contributed by atoms with Crippen molar-refractivity contribution in [3.8, 4) is 11.5 Å². The highest BCUT2D eigenvalue weighted by atomic mass is 32.2. The molecule has 3 rings (SSSR count). The molecule has 0 heterocycles. The Labute approximate surface area is 175 Å². The molecule has 0 spiro atoms. The number of methoxy groups -OCH3 is 1. The molecule has 0 atom stereocenters. The van der Waals surface area contributed by atoms with Gasteiger partial charge >= 0.3 is 0 Å². The summed E-state index contributed by atoms with van der Waals surface area (Å²) in [5.74, 6) is 0.895. The molecule has 0 aromatic heterocycles. The maximum absolute atomic E-state index is 12.6. The molecule has 0 fully saturated rings. The van der Waals surface area contributed by atoms with E-state index in [0.717, 1.165) is 0 Å². The zero-order valence-electron chi connectivity index (χ0n) is 16.4. The van der Waals surface area contributed by atoms with E-state index in [1.54, 1.807) is 61.7 Å². The Bertz CT molecular complexity index is 1100. The summed E-state index contributed by atoms with van der Waals surface area (Å²) in [5.41, 5.74) is 0.422. The van der Waals surface area contributed by atoms with Crippen LogP contribution in [0.4, 0.5) is 5.69 Å². The number of hydrogen-bond donors (Lipinski definition) is 2. The third-order valence-corrected chi connectivity index (χ3v) is 5.55. The van der Waals surface area contributed by atoms with Crippen LogP contribution < -0.4 is 19.5 Å². The van der Waals surface area contributed by atoms with Crippen LogP contribution in [0.3, 0.4) is 0 Å². The molecule has 2 N–H and O–H groups in total. The van der Waals surface area contributed by atoms with E-state index in [-0.39, 0.29) is 29.3 Å². The third-order valence-electron chi connectivity index (χ3n) is 4.17. The van der Waals surface area contributed by atoms with Crippen LogP contribution in [0.1, 0.15) is 10.4 Å². The van der Waals surface area contributed by atoms with Crippen LogP contribution >= 0.6 is 0 Å². The molecular weight excluding hydrogens is 404 g/mol. The van der Waals surface area contributed by atoms with Gasteiger partial charge in [-0.1, -0.05) is 36.4 Å². The molecule has 0 saturated heterocycles. The maximum atomic E-state index is 12.6. The first kappa shape index (κ1) is 21.2. The number of sulfonamides is 1. The number of hydrogen-bond acceptors (Lipinski definition) is 5. The molecule has 30 heavy (non-hydrogen) atoms. The topological polar surface area (TPSA) is 93.7 Å². The molecule has 0 aliphatic carbocycles. The SMILES string of the molecule is COc1cccc(OCCNC(=O)c2ccccc2NS(=O)(=O)c2ccccc2)c1. The predicted molar refractivity (Wildman–Crippen MR) is 115 cm³/mol. The summed E-state index contributed by atoms with van der Waals surface area (Å²) in [6.07, 6.45) is 0. The molecule has 0 saturated carbocycles. The summed E-state index contributed by atoms with van der Waals surface area (Å²) < 4.78 is 38.4.